The fraction of sp³-hybridized carbons (Fsp3) is 0.300. The maximum Gasteiger partial charge on any atom is 0.411 e. The summed E-state index contributed by atoms with van der Waals surface area (Å²) in [5.74, 6) is -1.46. The minimum absolute atomic E-state index is 0.0968. The highest BCUT2D eigenvalue weighted by Gasteiger charge is 2.30. The number of esters is 1. The number of rotatable bonds is 7. The first kappa shape index (κ1) is 21.4. The van der Waals surface area contributed by atoms with Gasteiger partial charge in [0.15, 0.2) is 0 Å². The van der Waals surface area contributed by atoms with Crippen molar-refractivity contribution in [3.63, 3.8) is 0 Å². The fourth-order valence-corrected chi connectivity index (χ4v) is 2.37. The maximum atomic E-state index is 12.3. The van der Waals surface area contributed by atoms with Crippen molar-refractivity contribution in [2.45, 2.75) is 26.1 Å². The quantitative estimate of drug-likeness (QED) is 0.704. The highest BCUT2D eigenvalue weighted by molar-refractivity contribution is 6.03. The van der Waals surface area contributed by atoms with E-state index in [1.807, 2.05) is 30.3 Å². The van der Waals surface area contributed by atoms with Crippen LogP contribution in [0.15, 0.2) is 48.5 Å². The minimum atomic E-state index is -4.54. The summed E-state index contributed by atoms with van der Waals surface area (Å²) in [6, 6.07) is 14.0. The second-order valence-electron chi connectivity index (χ2n) is 5.90. The number of hydrogen-bond donors (Lipinski definition) is 1. The lowest BCUT2D eigenvalue weighted by Gasteiger charge is -2.17. The van der Waals surface area contributed by atoms with Crippen molar-refractivity contribution in [1.82, 2.24) is 0 Å². The number of hydrogen-bond acceptors (Lipinski definition) is 4. The largest absolute Gasteiger partial charge is 0.462 e. The lowest BCUT2D eigenvalue weighted by Crippen LogP contribution is -2.32. The minimum Gasteiger partial charge on any atom is -0.462 e. The van der Waals surface area contributed by atoms with Gasteiger partial charge in [-0.05, 0) is 37.1 Å². The van der Waals surface area contributed by atoms with Crippen molar-refractivity contribution >= 4 is 17.6 Å². The number of halogens is 3. The van der Waals surface area contributed by atoms with Gasteiger partial charge in [-0.3, -0.25) is 4.79 Å². The molecule has 0 saturated heterocycles. The number of alkyl halides is 3. The third-order valence-electron chi connectivity index (χ3n) is 3.75. The molecule has 150 valence electrons. The van der Waals surface area contributed by atoms with Crippen LogP contribution in [-0.2, 0) is 14.3 Å². The van der Waals surface area contributed by atoms with Crippen molar-refractivity contribution in [2.24, 2.45) is 0 Å². The molecule has 5 nitrogen and oxygen atoms in total. The predicted octanol–water partition coefficient (Wildman–Crippen LogP) is 4.44. The lowest BCUT2D eigenvalue weighted by atomic mass is 10.0. The number of carbonyl (C=O) groups is 2. The van der Waals surface area contributed by atoms with Gasteiger partial charge in [-0.25, -0.2) is 4.79 Å². The summed E-state index contributed by atoms with van der Waals surface area (Å²) in [5.41, 5.74) is 1.81. The standard InChI is InChI=1S/C20H20F3NO4/c1-3-27-19(26)16-11-15(14-7-5-4-6-8-14)9-10-17(16)24-18(25)13(2)28-12-20(21,22)23/h4-11,13H,3,12H2,1-2H3,(H,24,25)/t13-/m0/s1. The van der Waals surface area contributed by atoms with Crippen LogP contribution >= 0.6 is 0 Å². The Morgan fingerprint density at radius 2 is 1.75 bits per heavy atom. The number of nitrogens with one attached hydrogen (secondary N) is 1. The topological polar surface area (TPSA) is 64.6 Å². The maximum absolute atomic E-state index is 12.3. The van der Waals surface area contributed by atoms with Gasteiger partial charge in [0, 0.05) is 0 Å². The third-order valence-corrected chi connectivity index (χ3v) is 3.75. The molecule has 0 aromatic heterocycles. The average molecular weight is 395 g/mol. The van der Waals surface area contributed by atoms with Crippen LogP contribution in [0, 0.1) is 0 Å². The molecule has 28 heavy (non-hydrogen) atoms. The van der Waals surface area contributed by atoms with Crippen molar-refractivity contribution < 1.29 is 32.2 Å². The summed E-state index contributed by atoms with van der Waals surface area (Å²) in [5, 5.41) is 2.43. The van der Waals surface area contributed by atoms with Crippen LogP contribution in [0.4, 0.5) is 18.9 Å². The molecule has 0 fully saturated rings. The normalized spacial score (nSPS) is 12.3. The Bertz CT molecular complexity index is 822. The Morgan fingerprint density at radius 3 is 2.36 bits per heavy atom. The molecular formula is C20H20F3NO4. The Morgan fingerprint density at radius 1 is 1.07 bits per heavy atom. The van der Waals surface area contributed by atoms with Gasteiger partial charge in [-0.1, -0.05) is 36.4 Å². The van der Waals surface area contributed by atoms with E-state index in [1.165, 1.54) is 13.0 Å². The van der Waals surface area contributed by atoms with Gasteiger partial charge >= 0.3 is 12.1 Å². The van der Waals surface area contributed by atoms with Gasteiger partial charge in [-0.15, -0.1) is 0 Å². The van der Waals surface area contributed by atoms with Gasteiger partial charge in [0.25, 0.3) is 5.91 Å². The first-order valence-corrected chi connectivity index (χ1v) is 8.57. The van der Waals surface area contributed by atoms with E-state index in [9.17, 15) is 22.8 Å². The van der Waals surface area contributed by atoms with Crippen molar-refractivity contribution in [1.29, 1.82) is 0 Å². The summed E-state index contributed by atoms with van der Waals surface area (Å²) in [6.07, 6.45) is -5.90. The SMILES string of the molecule is CCOC(=O)c1cc(-c2ccccc2)ccc1NC(=O)[C@H](C)OCC(F)(F)F. The van der Waals surface area contributed by atoms with Crippen molar-refractivity contribution in [2.75, 3.05) is 18.5 Å². The van der Waals surface area contributed by atoms with Crippen LogP contribution in [0.25, 0.3) is 11.1 Å². The number of ether oxygens (including phenoxy) is 2. The predicted molar refractivity (Wildman–Crippen MR) is 97.9 cm³/mol. The molecule has 0 unspecified atom stereocenters. The van der Waals surface area contributed by atoms with Gasteiger partial charge in [-0.2, -0.15) is 13.2 Å². The second-order valence-corrected chi connectivity index (χ2v) is 5.90. The molecule has 0 radical (unpaired) electrons. The molecule has 1 N–H and O–H groups in total. The summed E-state index contributed by atoms with van der Waals surface area (Å²) < 4.78 is 46.3. The van der Waals surface area contributed by atoms with Gasteiger partial charge in [0.05, 0.1) is 17.9 Å². The highest BCUT2D eigenvalue weighted by Crippen LogP contribution is 2.26. The third kappa shape index (κ3) is 6.09. The zero-order valence-corrected chi connectivity index (χ0v) is 15.4. The Balaban J connectivity index is 2.25. The molecule has 2 aromatic carbocycles. The zero-order valence-electron chi connectivity index (χ0n) is 15.4. The fourth-order valence-electron chi connectivity index (χ4n) is 2.37. The Hall–Kier alpha value is -2.87. The number of anilines is 1. The molecule has 8 heteroatoms. The molecule has 1 atom stereocenters. The molecule has 2 aromatic rings. The first-order chi connectivity index (χ1) is 13.2. The smallest absolute Gasteiger partial charge is 0.411 e. The van der Waals surface area contributed by atoms with E-state index in [-0.39, 0.29) is 17.9 Å². The molecule has 0 heterocycles. The molecule has 0 saturated carbocycles. The molecule has 0 spiro atoms. The van der Waals surface area contributed by atoms with Crippen LogP contribution < -0.4 is 5.32 Å². The van der Waals surface area contributed by atoms with E-state index < -0.39 is 30.8 Å². The molecule has 0 aliphatic heterocycles. The second kappa shape index (κ2) is 9.36. The lowest BCUT2D eigenvalue weighted by molar-refractivity contribution is -0.184. The van der Waals surface area contributed by atoms with Crippen LogP contribution in [0.1, 0.15) is 24.2 Å². The van der Waals surface area contributed by atoms with E-state index in [0.717, 1.165) is 11.1 Å². The highest BCUT2D eigenvalue weighted by atomic mass is 19.4. The molecule has 0 bridgehead atoms. The molecule has 0 aliphatic carbocycles. The molecule has 0 aliphatic rings. The van der Waals surface area contributed by atoms with Gasteiger partial charge < -0.3 is 14.8 Å². The summed E-state index contributed by atoms with van der Waals surface area (Å²) in [7, 11) is 0. The Labute approximate surface area is 160 Å². The van der Waals surface area contributed by atoms with E-state index in [1.54, 1.807) is 19.1 Å². The molecular weight excluding hydrogens is 375 g/mol. The zero-order chi connectivity index (χ0) is 20.7. The van der Waals surface area contributed by atoms with Crippen molar-refractivity contribution in [3.8, 4) is 11.1 Å². The van der Waals surface area contributed by atoms with Crippen LogP contribution in [-0.4, -0.2) is 37.4 Å². The van der Waals surface area contributed by atoms with E-state index in [4.69, 9.17) is 4.74 Å². The van der Waals surface area contributed by atoms with E-state index >= 15 is 0 Å². The summed E-state index contributed by atoms with van der Waals surface area (Å²) >= 11 is 0. The van der Waals surface area contributed by atoms with Gasteiger partial charge in [0.1, 0.15) is 12.7 Å². The Kier molecular flexibility index (Phi) is 7.17. The molecule has 2 rings (SSSR count). The van der Waals surface area contributed by atoms with Crippen LogP contribution in [0.3, 0.4) is 0 Å². The number of carbonyl (C=O) groups excluding carboxylic acids is 2. The van der Waals surface area contributed by atoms with E-state index in [2.05, 4.69) is 10.1 Å². The van der Waals surface area contributed by atoms with E-state index in [0.29, 0.717) is 0 Å². The van der Waals surface area contributed by atoms with Crippen LogP contribution in [0.5, 0.6) is 0 Å². The van der Waals surface area contributed by atoms with Gasteiger partial charge in [0.2, 0.25) is 0 Å². The molecule has 1 amide bonds. The average Bonchev–Trinajstić information content (AvgIpc) is 2.66. The first-order valence-electron chi connectivity index (χ1n) is 8.57. The summed E-state index contributed by atoms with van der Waals surface area (Å²) in [4.78, 5) is 24.5. The summed E-state index contributed by atoms with van der Waals surface area (Å²) in [6.45, 7) is 1.43. The monoisotopic (exact) mass is 395 g/mol. The van der Waals surface area contributed by atoms with Crippen LogP contribution in [0.2, 0.25) is 0 Å². The van der Waals surface area contributed by atoms with Crippen molar-refractivity contribution in [3.05, 3.63) is 54.1 Å². The number of benzene rings is 2. The number of amides is 1.